The molecule has 1 N–H and O–H groups in total. The third kappa shape index (κ3) is 2.92. The van der Waals surface area contributed by atoms with Crippen molar-refractivity contribution in [1.29, 1.82) is 0 Å². The number of amides is 1. The summed E-state index contributed by atoms with van der Waals surface area (Å²) in [5, 5.41) is 14.7. The molecule has 1 saturated carbocycles. The number of aromatic nitrogens is 5. The Morgan fingerprint density at radius 3 is 3.00 bits per heavy atom. The zero-order chi connectivity index (χ0) is 16.5. The van der Waals surface area contributed by atoms with Gasteiger partial charge < -0.3 is 14.4 Å². The molecule has 1 aliphatic carbocycles. The molecule has 3 aromatic heterocycles. The second-order valence-corrected chi connectivity index (χ2v) is 5.64. The molecule has 0 aliphatic heterocycles. The number of carbonyl (C=O) groups is 1. The molecule has 1 fully saturated rings. The van der Waals surface area contributed by atoms with Crippen LogP contribution in [0.5, 0.6) is 0 Å². The fourth-order valence-corrected chi connectivity index (χ4v) is 2.29. The Hall–Kier alpha value is -2.97. The minimum Gasteiger partial charge on any atom is -0.360 e. The predicted octanol–water partition coefficient (Wildman–Crippen LogP) is 1.75. The molecule has 9 heteroatoms. The van der Waals surface area contributed by atoms with Gasteiger partial charge in [0.05, 0.1) is 6.54 Å². The first-order valence-corrected chi connectivity index (χ1v) is 7.84. The van der Waals surface area contributed by atoms with Crippen molar-refractivity contribution in [2.24, 2.45) is 0 Å². The Morgan fingerprint density at radius 1 is 1.38 bits per heavy atom. The summed E-state index contributed by atoms with van der Waals surface area (Å²) in [4.78, 5) is 16.2. The molecule has 0 spiro atoms. The van der Waals surface area contributed by atoms with E-state index in [0.29, 0.717) is 35.6 Å². The van der Waals surface area contributed by atoms with Crippen molar-refractivity contribution in [3.63, 3.8) is 0 Å². The summed E-state index contributed by atoms with van der Waals surface area (Å²) in [6, 6.07) is 3.50. The van der Waals surface area contributed by atoms with E-state index in [1.54, 1.807) is 16.9 Å². The smallest absolute Gasteiger partial charge is 0.272 e. The Balaban J connectivity index is 1.38. The highest BCUT2D eigenvalue weighted by Gasteiger charge is 2.28. The highest BCUT2D eigenvalue weighted by atomic mass is 16.5. The number of carbonyl (C=O) groups excluding carboxylic acids is 1. The first-order valence-electron chi connectivity index (χ1n) is 7.84. The van der Waals surface area contributed by atoms with Crippen LogP contribution in [0.1, 0.15) is 47.8 Å². The van der Waals surface area contributed by atoms with Gasteiger partial charge in [0.25, 0.3) is 5.91 Å². The molecule has 0 atom stereocenters. The lowest BCUT2D eigenvalue weighted by atomic mass is 10.3. The standard InChI is InChI=1S/C15H16N6O3/c1-2-21-6-5-10(18-21)15(22)16-8-13-17-14(20-24-13)11-7-12(23-19-11)9-3-4-9/h5-7,9H,2-4,8H2,1H3,(H,16,22). The number of hydrogen-bond donors (Lipinski definition) is 1. The molecule has 0 unspecified atom stereocenters. The molecular weight excluding hydrogens is 312 g/mol. The molecule has 1 amide bonds. The highest BCUT2D eigenvalue weighted by Crippen LogP contribution is 2.40. The van der Waals surface area contributed by atoms with E-state index in [9.17, 15) is 4.79 Å². The second kappa shape index (κ2) is 5.91. The van der Waals surface area contributed by atoms with Crippen LogP contribution in [0.15, 0.2) is 27.4 Å². The summed E-state index contributed by atoms with van der Waals surface area (Å²) in [6.07, 6.45) is 4.01. The van der Waals surface area contributed by atoms with Crippen LogP contribution in [0.2, 0.25) is 0 Å². The summed E-state index contributed by atoms with van der Waals surface area (Å²) in [5.41, 5.74) is 0.891. The van der Waals surface area contributed by atoms with E-state index in [1.165, 1.54) is 0 Å². The minimum absolute atomic E-state index is 0.123. The van der Waals surface area contributed by atoms with Crippen molar-refractivity contribution in [2.45, 2.75) is 38.8 Å². The molecule has 24 heavy (non-hydrogen) atoms. The molecular formula is C15H16N6O3. The van der Waals surface area contributed by atoms with E-state index in [-0.39, 0.29) is 12.5 Å². The summed E-state index contributed by atoms with van der Waals surface area (Å²) < 4.78 is 12.1. The average Bonchev–Trinajstić information content (AvgIpc) is 3.05. The Bertz CT molecular complexity index is 860. The summed E-state index contributed by atoms with van der Waals surface area (Å²) in [5.74, 6) is 1.69. The normalized spacial score (nSPS) is 14.0. The number of aryl methyl sites for hydroxylation is 1. The Kier molecular flexibility index (Phi) is 3.60. The molecule has 0 bridgehead atoms. The van der Waals surface area contributed by atoms with E-state index in [4.69, 9.17) is 9.05 Å². The van der Waals surface area contributed by atoms with Gasteiger partial charge in [0.15, 0.2) is 5.69 Å². The maximum Gasteiger partial charge on any atom is 0.272 e. The molecule has 3 heterocycles. The van der Waals surface area contributed by atoms with Crippen molar-refractivity contribution in [3.8, 4) is 11.5 Å². The number of nitrogens with zero attached hydrogens (tertiary/aromatic N) is 5. The van der Waals surface area contributed by atoms with Gasteiger partial charge >= 0.3 is 0 Å². The van der Waals surface area contributed by atoms with Crippen LogP contribution < -0.4 is 5.32 Å². The third-order valence-corrected chi connectivity index (χ3v) is 3.80. The Labute approximate surface area is 137 Å². The lowest BCUT2D eigenvalue weighted by Crippen LogP contribution is -2.23. The van der Waals surface area contributed by atoms with Gasteiger partial charge in [0.2, 0.25) is 11.7 Å². The number of hydrogen-bond acceptors (Lipinski definition) is 7. The van der Waals surface area contributed by atoms with Crippen LogP contribution in [-0.2, 0) is 13.1 Å². The van der Waals surface area contributed by atoms with Crippen molar-refractivity contribution in [2.75, 3.05) is 0 Å². The van der Waals surface area contributed by atoms with Gasteiger partial charge in [-0.25, -0.2) is 0 Å². The largest absolute Gasteiger partial charge is 0.360 e. The summed E-state index contributed by atoms with van der Waals surface area (Å²) in [7, 11) is 0. The van der Waals surface area contributed by atoms with Crippen LogP contribution in [0.25, 0.3) is 11.5 Å². The van der Waals surface area contributed by atoms with E-state index in [2.05, 4.69) is 25.7 Å². The van der Waals surface area contributed by atoms with Gasteiger partial charge in [-0.05, 0) is 25.8 Å². The first-order chi connectivity index (χ1) is 11.7. The zero-order valence-electron chi connectivity index (χ0n) is 13.1. The van der Waals surface area contributed by atoms with Gasteiger partial charge in [-0.3, -0.25) is 9.48 Å². The fraction of sp³-hybridized carbons (Fsp3) is 0.400. The molecule has 0 radical (unpaired) electrons. The van der Waals surface area contributed by atoms with Crippen LogP contribution in [-0.4, -0.2) is 31.0 Å². The van der Waals surface area contributed by atoms with Crippen LogP contribution in [0.4, 0.5) is 0 Å². The van der Waals surface area contributed by atoms with Crippen molar-refractivity contribution >= 4 is 5.91 Å². The monoisotopic (exact) mass is 328 g/mol. The van der Waals surface area contributed by atoms with E-state index >= 15 is 0 Å². The summed E-state index contributed by atoms with van der Waals surface area (Å²) in [6.45, 7) is 2.78. The molecule has 4 rings (SSSR count). The maximum atomic E-state index is 12.0. The van der Waals surface area contributed by atoms with Crippen LogP contribution in [0.3, 0.4) is 0 Å². The third-order valence-electron chi connectivity index (χ3n) is 3.80. The predicted molar refractivity (Wildman–Crippen MR) is 80.8 cm³/mol. The minimum atomic E-state index is -0.292. The van der Waals surface area contributed by atoms with Crippen molar-refractivity contribution in [3.05, 3.63) is 35.7 Å². The molecule has 1 aliphatic rings. The first kappa shape index (κ1) is 14.6. The average molecular weight is 328 g/mol. The molecule has 3 aromatic rings. The van der Waals surface area contributed by atoms with Crippen LogP contribution in [0, 0.1) is 0 Å². The van der Waals surface area contributed by atoms with E-state index < -0.39 is 0 Å². The summed E-state index contributed by atoms with van der Waals surface area (Å²) >= 11 is 0. The van der Waals surface area contributed by atoms with E-state index in [0.717, 1.165) is 18.6 Å². The SMILES string of the molecule is CCn1ccc(C(=O)NCc2nc(-c3cc(C4CC4)on3)no2)n1. The number of rotatable bonds is 6. The lowest BCUT2D eigenvalue weighted by Gasteiger charge is -1.98. The van der Waals surface area contributed by atoms with Gasteiger partial charge in [-0.1, -0.05) is 10.3 Å². The highest BCUT2D eigenvalue weighted by molar-refractivity contribution is 5.91. The zero-order valence-corrected chi connectivity index (χ0v) is 13.1. The second-order valence-electron chi connectivity index (χ2n) is 5.64. The molecule has 0 saturated heterocycles. The van der Waals surface area contributed by atoms with Crippen LogP contribution >= 0.6 is 0 Å². The molecule has 9 nitrogen and oxygen atoms in total. The van der Waals surface area contributed by atoms with Gasteiger partial charge in [0.1, 0.15) is 11.5 Å². The number of nitrogens with one attached hydrogen (secondary N) is 1. The fourth-order valence-electron chi connectivity index (χ4n) is 2.29. The van der Waals surface area contributed by atoms with Gasteiger partial charge in [-0.15, -0.1) is 0 Å². The maximum absolute atomic E-state index is 12.0. The Morgan fingerprint density at radius 2 is 2.25 bits per heavy atom. The van der Waals surface area contributed by atoms with Gasteiger partial charge in [0, 0.05) is 24.7 Å². The van der Waals surface area contributed by atoms with Crippen molar-refractivity contribution in [1.82, 2.24) is 30.4 Å². The molecule has 0 aromatic carbocycles. The van der Waals surface area contributed by atoms with E-state index in [1.807, 2.05) is 13.0 Å². The van der Waals surface area contributed by atoms with Gasteiger partial charge in [-0.2, -0.15) is 10.1 Å². The molecule has 124 valence electrons. The topological polar surface area (TPSA) is 112 Å². The quantitative estimate of drug-likeness (QED) is 0.733. The lowest BCUT2D eigenvalue weighted by molar-refractivity contribution is 0.0940. The van der Waals surface area contributed by atoms with Crippen molar-refractivity contribution < 1.29 is 13.8 Å².